The van der Waals surface area contributed by atoms with Gasteiger partial charge in [0.05, 0.1) is 0 Å². The number of likely N-dealkylation sites (tertiary alicyclic amines) is 1. The molecule has 2 rings (SSSR count). The molecule has 1 fully saturated rings. The number of nitrogens with zero attached hydrogens (tertiary/aromatic N) is 1. The van der Waals surface area contributed by atoms with Crippen LogP contribution >= 0.6 is 0 Å². The molecule has 18 heavy (non-hydrogen) atoms. The molecule has 1 heterocycles. The highest BCUT2D eigenvalue weighted by atomic mass is 16.4. The van der Waals surface area contributed by atoms with Gasteiger partial charge >= 0.3 is 11.9 Å². The minimum Gasteiger partial charge on any atom is -0.480 e. The summed E-state index contributed by atoms with van der Waals surface area (Å²) < 4.78 is 0. The van der Waals surface area contributed by atoms with Gasteiger partial charge in [-0.05, 0) is 12.5 Å². The van der Waals surface area contributed by atoms with E-state index in [1.165, 1.54) is 4.90 Å². The third kappa shape index (κ3) is 1.97. The molecule has 2 atom stereocenters. The fourth-order valence-electron chi connectivity index (χ4n) is 2.33. The average molecular weight is 249 g/mol. The normalized spacial score (nSPS) is 27.5. The summed E-state index contributed by atoms with van der Waals surface area (Å²) in [5, 5.41) is 18.3. The summed E-state index contributed by atoms with van der Waals surface area (Å²) in [5.41, 5.74) is -0.172. The minimum absolute atomic E-state index is 0.143. The molecular weight excluding hydrogens is 234 g/mol. The molecule has 1 saturated heterocycles. The second-order valence-corrected chi connectivity index (χ2v) is 4.75. The van der Waals surface area contributed by atoms with Gasteiger partial charge in [-0.3, -0.25) is 14.5 Å². The number of rotatable bonds is 4. The van der Waals surface area contributed by atoms with Crippen molar-refractivity contribution < 1.29 is 19.8 Å². The van der Waals surface area contributed by atoms with Crippen molar-refractivity contribution >= 4 is 11.9 Å². The highest BCUT2D eigenvalue weighted by Gasteiger charge is 2.56. The molecule has 1 aliphatic rings. The topological polar surface area (TPSA) is 77.8 Å². The van der Waals surface area contributed by atoms with Crippen molar-refractivity contribution in [2.45, 2.75) is 31.5 Å². The summed E-state index contributed by atoms with van der Waals surface area (Å²) in [6.45, 7) is 1.90. The molecule has 5 heteroatoms. The molecule has 0 saturated carbocycles. The largest absolute Gasteiger partial charge is 0.480 e. The van der Waals surface area contributed by atoms with E-state index < -0.39 is 23.5 Å². The maximum Gasteiger partial charge on any atom is 0.323 e. The first-order chi connectivity index (χ1) is 8.45. The van der Waals surface area contributed by atoms with E-state index in [9.17, 15) is 14.7 Å². The van der Waals surface area contributed by atoms with Gasteiger partial charge in [0.25, 0.3) is 0 Å². The number of carbonyl (C=O) groups is 2. The van der Waals surface area contributed by atoms with Crippen LogP contribution in [-0.2, 0) is 16.1 Å². The van der Waals surface area contributed by atoms with Gasteiger partial charge < -0.3 is 10.2 Å². The molecule has 0 spiro atoms. The first-order valence-corrected chi connectivity index (χ1v) is 5.72. The van der Waals surface area contributed by atoms with Gasteiger partial charge in [0, 0.05) is 13.0 Å². The fraction of sp³-hybridized carbons (Fsp3) is 0.385. The lowest BCUT2D eigenvalue weighted by atomic mass is 9.79. The van der Waals surface area contributed by atoms with Crippen LogP contribution in [0.25, 0.3) is 0 Å². The Balaban J connectivity index is 2.20. The van der Waals surface area contributed by atoms with Gasteiger partial charge in [-0.15, -0.1) is 0 Å². The smallest absolute Gasteiger partial charge is 0.323 e. The molecule has 1 aromatic rings. The Bertz CT molecular complexity index is 473. The zero-order valence-corrected chi connectivity index (χ0v) is 10.0. The van der Waals surface area contributed by atoms with Crippen LogP contribution < -0.4 is 0 Å². The maximum atomic E-state index is 11.2. The average Bonchev–Trinajstić information content (AvgIpc) is 2.33. The number of carboxylic acids is 2. The zero-order chi connectivity index (χ0) is 13.3. The van der Waals surface area contributed by atoms with E-state index in [2.05, 4.69) is 0 Å². The van der Waals surface area contributed by atoms with Crippen LogP contribution in [0.2, 0.25) is 0 Å². The number of hydrogen-bond donors (Lipinski definition) is 2. The van der Waals surface area contributed by atoms with Crippen molar-refractivity contribution in [1.82, 2.24) is 4.90 Å². The van der Waals surface area contributed by atoms with Crippen molar-refractivity contribution in [3.05, 3.63) is 35.9 Å². The predicted octanol–water partition coefficient (Wildman–Crippen LogP) is 1.19. The quantitative estimate of drug-likeness (QED) is 0.838. The van der Waals surface area contributed by atoms with Crippen molar-refractivity contribution in [3.63, 3.8) is 0 Å². The predicted molar refractivity (Wildman–Crippen MR) is 64.1 cm³/mol. The van der Waals surface area contributed by atoms with Crippen LogP contribution in [0.3, 0.4) is 0 Å². The highest BCUT2D eigenvalue weighted by molar-refractivity contribution is 5.85. The van der Waals surface area contributed by atoms with Crippen molar-refractivity contribution in [2.75, 3.05) is 0 Å². The molecule has 0 aliphatic carbocycles. The van der Waals surface area contributed by atoms with E-state index in [0.717, 1.165) is 5.56 Å². The molecule has 96 valence electrons. The lowest BCUT2D eigenvalue weighted by Gasteiger charge is -2.51. The van der Waals surface area contributed by atoms with E-state index in [4.69, 9.17) is 5.11 Å². The first kappa shape index (κ1) is 12.6. The van der Waals surface area contributed by atoms with Crippen LogP contribution in [0, 0.1) is 0 Å². The second kappa shape index (κ2) is 4.42. The van der Waals surface area contributed by atoms with Crippen molar-refractivity contribution in [3.8, 4) is 0 Å². The molecular formula is C13H15NO4. The summed E-state index contributed by atoms with van der Waals surface area (Å²) in [5.74, 6) is -1.94. The summed E-state index contributed by atoms with van der Waals surface area (Å²) in [6.07, 6.45) is 0.143. The number of hydrogen-bond acceptors (Lipinski definition) is 3. The molecule has 5 nitrogen and oxygen atoms in total. The third-order valence-corrected chi connectivity index (χ3v) is 3.54. The van der Waals surface area contributed by atoms with Gasteiger partial charge in [0.1, 0.15) is 11.6 Å². The molecule has 2 unspecified atom stereocenters. The van der Waals surface area contributed by atoms with E-state index in [1.54, 1.807) is 6.92 Å². The zero-order valence-electron chi connectivity index (χ0n) is 10.0. The van der Waals surface area contributed by atoms with Crippen LogP contribution in [-0.4, -0.2) is 38.6 Å². The number of aliphatic carboxylic acids is 2. The minimum atomic E-state index is -1.08. The Morgan fingerprint density at radius 3 is 2.44 bits per heavy atom. The lowest BCUT2D eigenvalue weighted by molar-refractivity contribution is -0.178. The van der Waals surface area contributed by atoms with Crippen LogP contribution in [0.4, 0.5) is 0 Å². The highest BCUT2D eigenvalue weighted by Crippen LogP contribution is 2.38. The van der Waals surface area contributed by atoms with Crippen LogP contribution in [0.15, 0.2) is 30.3 Å². The van der Waals surface area contributed by atoms with Crippen LogP contribution in [0.1, 0.15) is 18.9 Å². The Kier molecular flexibility index (Phi) is 3.09. The molecule has 1 aliphatic heterocycles. The first-order valence-electron chi connectivity index (χ1n) is 5.72. The summed E-state index contributed by atoms with van der Waals surface area (Å²) >= 11 is 0. The summed E-state index contributed by atoms with van der Waals surface area (Å²) in [6, 6.07) is 8.57. The molecule has 0 aromatic heterocycles. The van der Waals surface area contributed by atoms with E-state index in [-0.39, 0.29) is 6.42 Å². The lowest BCUT2D eigenvalue weighted by Crippen LogP contribution is -2.69. The molecule has 1 aromatic carbocycles. The van der Waals surface area contributed by atoms with Crippen molar-refractivity contribution in [1.29, 1.82) is 0 Å². The van der Waals surface area contributed by atoms with Gasteiger partial charge in [0.2, 0.25) is 0 Å². The Morgan fingerprint density at radius 2 is 1.94 bits per heavy atom. The second-order valence-electron chi connectivity index (χ2n) is 4.75. The molecule has 0 amide bonds. The monoisotopic (exact) mass is 249 g/mol. The Morgan fingerprint density at radius 1 is 1.33 bits per heavy atom. The Labute approximate surface area is 105 Å². The summed E-state index contributed by atoms with van der Waals surface area (Å²) in [7, 11) is 0. The third-order valence-electron chi connectivity index (χ3n) is 3.54. The van der Waals surface area contributed by atoms with Crippen LogP contribution in [0.5, 0.6) is 0 Å². The summed E-state index contributed by atoms with van der Waals surface area (Å²) in [4.78, 5) is 23.8. The Hall–Kier alpha value is -1.88. The van der Waals surface area contributed by atoms with Gasteiger partial charge in [0.15, 0.2) is 0 Å². The number of benzene rings is 1. The number of carboxylic acid groups (broad SMARTS) is 2. The van der Waals surface area contributed by atoms with Gasteiger partial charge in [-0.1, -0.05) is 30.3 Å². The molecule has 0 bridgehead atoms. The fourth-order valence-corrected chi connectivity index (χ4v) is 2.33. The molecule has 2 N–H and O–H groups in total. The standard InChI is InChI=1S/C13H15NO4/c1-13(12(17)18)7-10(11(15)16)14(13)8-9-5-3-2-4-6-9/h2-6,10H,7-8H2,1H3,(H,15,16)(H,17,18). The SMILES string of the molecule is CC1(C(=O)O)CC(C(=O)O)N1Cc1ccccc1. The van der Waals surface area contributed by atoms with Gasteiger partial charge in [-0.25, -0.2) is 0 Å². The van der Waals surface area contributed by atoms with E-state index >= 15 is 0 Å². The van der Waals surface area contributed by atoms with Crippen molar-refractivity contribution in [2.24, 2.45) is 0 Å². The molecule has 0 radical (unpaired) electrons. The van der Waals surface area contributed by atoms with E-state index in [1.807, 2.05) is 30.3 Å². The van der Waals surface area contributed by atoms with Gasteiger partial charge in [-0.2, -0.15) is 0 Å². The van der Waals surface area contributed by atoms with E-state index in [0.29, 0.717) is 6.54 Å². The maximum absolute atomic E-state index is 11.2.